The summed E-state index contributed by atoms with van der Waals surface area (Å²) in [6.07, 6.45) is 0. The van der Waals surface area contributed by atoms with Crippen LogP contribution in [0.4, 0.5) is 0 Å². The smallest absolute Gasteiger partial charge is 0.337 e. The van der Waals surface area contributed by atoms with Gasteiger partial charge in [0.1, 0.15) is 5.75 Å². The van der Waals surface area contributed by atoms with Gasteiger partial charge in [-0.3, -0.25) is 0 Å². The van der Waals surface area contributed by atoms with Crippen molar-refractivity contribution in [1.29, 1.82) is 0 Å². The van der Waals surface area contributed by atoms with Crippen LogP contribution in [0.2, 0.25) is 0 Å². The van der Waals surface area contributed by atoms with E-state index in [1.54, 1.807) is 35.0 Å². The molecule has 0 bridgehead atoms. The molecular weight excluding hydrogens is 212 g/mol. The first-order valence-corrected chi connectivity index (χ1v) is 5.21. The molecule has 0 atom stereocenters. The fourth-order valence-electron chi connectivity index (χ4n) is 1.33. The van der Waals surface area contributed by atoms with Gasteiger partial charge in [0.15, 0.2) is 0 Å². The van der Waals surface area contributed by atoms with E-state index < -0.39 is 5.97 Å². The summed E-state index contributed by atoms with van der Waals surface area (Å²) < 4.78 is 0. The molecule has 0 unspecified atom stereocenters. The van der Waals surface area contributed by atoms with Crippen molar-refractivity contribution in [3.8, 4) is 16.9 Å². The van der Waals surface area contributed by atoms with Crippen LogP contribution in [0.1, 0.15) is 10.4 Å². The fourth-order valence-corrected chi connectivity index (χ4v) is 2.16. The lowest BCUT2D eigenvalue weighted by Crippen LogP contribution is -1.95. The van der Waals surface area contributed by atoms with Crippen molar-refractivity contribution in [2.75, 3.05) is 0 Å². The summed E-state index contributed by atoms with van der Waals surface area (Å²) in [6, 6.07) is 6.48. The van der Waals surface area contributed by atoms with Gasteiger partial charge in [-0.15, -0.1) is 0 Å². The highest BCUT2D eigenvalue weighted by Gasteiger charge is 2.12. The summed E-state index contributed by atoms with van der Waals surface area (Å²) >= 11 is 1.35. The summed E-state index contributed by atoms with van der Waals surface area (Å²) in [4.78, 5) is 10.9. The highest BCUT2D eigenvalue weighted by molar-refractivity contribution is 7.08. The summed E-state index contributed by atoms with van der Waals surface area (Å²) in [5.41, 5.74) is 1.78. The van der Waals surface area contributed by atoms with E-state index in [1.165, 1.54) is 11.3 Å². The SMILES string of the molecule is O=C(O)c1cscc1-c1ccc(O)cc1. The minimum absolute atomic E-state index is 0.172. The zero-order valence-corrected chi connectivity index (χ0v) is 8.49. The molecule has 2 rings (SSSR count). The first-order valence-electron chi connectivity index (χ1n) is 4.27. The Morgan fingerprint density at radius 2 is 1.80 bits per heavy atom. The third-order valence-electron chi connectivity index (χ3n) is 2.07. The average molecular weight is 220 g/mol. The van der Waals surface area contributed by atoms with E-state index in [4.69, 9.17) is 10.2 Å². The molecule has 0 fully saturated rings. The summed E-state index contributed by atoms with van der Waals surface area (Å²) in [7, 11) is 0. The van der Waals surface area contributed by atoms with Gasteiger partial charge in [0.05, 0.1) is 5.56 Å². The van der Waals surface area contributed by atoms with Gasteiger partial charge in [-0.1, -0.05) is 12.1 Å². The first kappa shape index (κ1) is 9.73. The van der Waals surface area contributed by atoms with E-state index in [0.29, 0.717) is 11.1 Å². The largest absolute Gasteiger partial charge is 0.508 e. The number of benzene rings is 1. The van der Waals surface area contributed by atoms with Gasteiger partial charge >= 0.3 is 5.97 Å². The van der Waals surface area contributed by atoms with E-state index in [-0.39, 0.29) is 5.75 Å². The lowest BCUT2D eigenvalue weighted by molar-refractivity contribution is 0.0698. The van der Waals surface area contributed by atoms with Crippen molar-refractivity contribution in [2.24, 2.45) is 0 Å². The Morgan fingerprint density at radius 3 is 2.40 bits per heavy atom. The van der Waals surface area contributed by atoms with E-state index in [1.807, 2.05) is 0 Å². The van der Waals surface area contributed by atoms with Gasteiger partial charge in [0.2, 0.25) is 0 Å². The molecular formula is C11H8O3S. The van der Waals surface area contributed by atoms with Crippen LogP contribution >= 0.6 is 11.3 Å². The Balaban J connectivity index is 2.49. The number of aromatic carboxylic acids is 1. The molecule has 15 heavy (non-hydrogen) atoms. The summed E-state index contributed by atoms with van der Waals surface area (Å²) in [5, 5.41) is 21.4. The molecule has 0 aliphatic carbocycles. The van der Waals surface area contributed by atoms with Crippen molar-refractivity contribution in [1.82, 2.24) is 0 Å². The van der Waals surface area contributed by atoms with Crippen LogP contribution < -0.4 is 0 Å². The maximum Gasteiger partial charge on any atom is 0.337 e. The second kappa shape index (κ2) is 3.74. The Morgan fingerprint density at radius 1 is 1.13 bits per heavy atom. The van der Waals surface area contributed by atoms with Gasteiger partial charge in [0, 0.05) is 10.9 Å². The van der Waals surface area contributed by atoms with Crippen LogP contribution in [0.5, 0.6) is 5.75 Å². The minimum Gasteiger partial charge on any atom is -0.508 e. The zero-order chi connectivity index (χ0) is 10.8. The molecule has 0 aliphatic rings. The van der Waals surface area contributed by atoms with E-state index in [9.17, 15) is 4.79 Å². The highest BCUT2D eigenvalue weighted by atomic mass is 32.1. The highest BCUT2D eigenvalue weighted by Crippen LogP contribution is 2.28. The number of hydrogen-bond donors (Lipinski definition) is 2. The van der Waals surface area contributed by atoms with Crippen LogP contribution in [0.3, 0.4) is 0 Å². The van der Waals surface area contributed by atoms with Crippen molar-refractivity contribution in [3.63, 3.8) is 0 Å². The molecule has 0 saturated carbocycles. The van der Waals surface area contributed by atoms with Crippen LogP contribution in [0, 0.1) is 0 Å². The average Bonchev–Trinajstić information content (AvgIpc) is 2.67. The second-order valence-corrected chi connectivity index (χ2v) is 3.79. The maximum absolute atomic E-state index is 10.9. The third-order valence-corrected chi connectivity index (χ3v) is 2.81. The molecule has 0 spiro atoms. The van der Waals surface area contributed by atoms with Crippen molar-refractivity contribution in [3.05, 3.63) is 40.6 Å². The van der Waals surface area contributed by atoms with E-state index in [2.05, 4.69) is 0 Å². The number of aromatic hydroxyl groups is 1. The molecule has 76 valence electrons. The second-order valence-electron chi connectivity index (χ2n) is 3.05. The number of hydrogen-bond acceptors (Lipinski definition) is 3. The quantitative estimate of drug-likeness (QED) is 0.818. The number of phenols is 1. The number of phenolic OH excluding ortho intramolecular Hbond substituents is 1. The van der Waals surface area contributed by atoms with Gasteiger partial charge in [0.25, 0.3) is 0 Å². The van der Waals surface area contributed by atoms with Crippen LogP contribution in [0.15, 0.2) is 35.0 Å². The van der Waals surface area contributed by atoms with Crippen LogP contribution in [-0.4, -0.2) is 16.2 Å². The maximum atomic E-state index is 10.9. The normalized spacial score (nSPS) is 10.1. The monoisotopic (exact) mass is 220 g/mol. The predicted molar refractivity (Wildman–Crippen MR) is 58.4 cm³/mol. The lowest BCUT2D eigenvalue weighted by Gasteiger charge is -2.00. The molecule has 0 saturated heterocycles. The molecule has 3 nitrogen and oxygen atoms in total. The Kier molecular flexibility index (Phi) is 2.43. The molecule has 0 amide bonds. The standard InChI is InChI=1S/C11H8O3S/c12-8-3-1-7(2-4-8)9-5-15-6-10(9)11(13)14/h1-6,12H,(H,13,14). The van der Waals surface area contributed by atoms with Crippen molar-refractivity contribution in [2.45, 2.75) is 0 Å². The van der Waals surface area contributed by atoms with Gasteiger partial charge in [-0.25, -0.2) is 4.79 Å². The number of rotatable bonds is 2. The summed E-state index contributed by atoms with van der Waals surface area (Å²) in [6.45, 7) is 0. The van der Waals surface area contributed by atoms with Gasteiger partial charge in [-0.05, 0) is 23.1 Å². The molecule has 1 aromatic carbocycles. The third kappa shape index (κ3) is 1.85. The number of thiophene rings is 1. The number of carboxylic acids is 1. The lowest BCUT2D eigenvalue weighted by atomic mass is 10.0. The molecule has 2 aromatic rings. The molecule has 2 N–H and O–H groups in total. The van der Waals surface area contributed by atoms with Gasteiger partial charge in [-0.2, -0.15) is 11.3 Å². The predicted octanol–water partition coefficient (Wildman–Crippen LogP) is 2.82. The first-order chi connectivity index (χ1) is 7.18. The zero-order valence-electron chi connectivity index (χ0n) is 7.68. The molecule has 1 aromatic heterocycles. The Labute approximate surface area is 90.2 Å². The molecule has 4 heteroatoms. The Bertz CT molecular complexity index is 485. The minimum atomic E-state index is -0.931. The fraction of sp³-hybridized carbons (Fsp3) is 0. The van der Waals surface area contributed by atoms with Crippen molar-refractivity contribution < 1.29 is 15.0 Å². The Hall–Kier alpha value is -1.81. The van der Waals surface area contributed by atoms with Crippen LogP contribution in [0.25, 0.3) is 11.1 Å². The van der Waals surface area contributed by atoms with Crippen molar-refractivity contribution >= 4 is 17.3 Å². The van der Waals surface area contributed by atoms with Crippen LogP contribution in [-0.2, 0) is 0 Å². The van der Waals surface area contributed by atoms with Gasteiger partial charge < -0.3 is 10.2 Å². The molecule has 1 heterocycles. The number of carbonyl (C=O) groups is 1. The summed E-state index contributed by atoms with van der Waals surface area (Å²) in [5.74, 6) is -0.759. The topological polar surface area (TPSA) is 57.5 Å². The molecule has 0 aliphatic heterocycles. The van der Waals surface area contributed by atoms with E-state index >= 15 is 0 Å². The number of carboxylic acid groups (broad SMARTS) is 1. The molecule has 0 radical (unpaired) electrons. The van der Waals surface area contributed by atoms with E-state index in [0.717, 1.165) is 5.56 Å².